The van der Waals surface area contributed by atoms with Crippen molar-refractivity contribution in [2.24, 2.45) is 0 Å². The lowest BCUT2D eigenvalue weighted by atomic mass is 10.0. The number of carbonyl (C=O) groups excluding carboxylic acids is 2. The molecule has 1 aromatic heterocycles. The molecule has 5 rings (SSSR count). The number of methoxy groups -OCH3 is 1. The third-order valence-corrected chi connectivity index (χ3v) is 6.70. The van der Waals surface area contributed by atoms with Gasteiger partial charge in [-0.15, -0.1) is 0 Å². The summed E-state index contributed by atoms with van der Waals surface area (Å²) in [6.07, 6.45) is 5.36. The van der Waals surface area contributed by atoms with Crippen molar-refractivity contribution in [3.8, 4) is 5.75 Å². The average molecular weight is 494 g/mol. The molecule has 10 heteroatoms. The van der Waals surface area contributed by atoms with E-state index in [9.17, 15) is 14.0 Å². The van der Waals surface area contributed by atoms with Crippen LogP contribution in [-0.2, 0) is 14.3 Å². The number of nitrogens with zero attached hydrogens (tertiary/aromatic N) is 3. The topological polar surface area (TPSA) is 106 Å². The van der Waals surface area contributed by atoms with E-state index in [1.165, 1.54) is 12.4 Å². The fraction of sp³-hybridized carbons (Fsp3) is 0.385. The van der Waals surface area contributed by atoms with Crippen molar-refractivity contribution in [3.05, 3.63) is 48.5 Å². The largest absolute Gasteiger partial charge is 0.491 e. The van der Waals surface area contributed by atoms with E-state index in [0.29, 0.717) is 53.8 Å². The summed E-state index contributed by atoms with van der Waals surface area (Å²) in [6, 6.07) is 10.5. The van der Waals surface area contributed by atoms with Crippen molar-refractivity contribution < 1.29 is 23.5 Å². The van der Waals surface area contributed by atoms with Crippen molar-refractivity contribution in [2.75, 3.05) is 31.0 Å². The molecule has 0 spiro atoms. The van der Waals surface area contributed by atoms with Gasteiger partial charge in [0.1, 0.15) is 36.7 Å². The van der Waals surface area contributed by atoms with Gasteiger partial charge in [0, 0.05) is 42.7 Å². The number of carbonyl (C=O) groups is 2. The maximum atomic E-state index is 14.9. The maximum Gasteiger partial charge on any atom is 0.233 e. The Balaban J connectivity index is 1.22. The third kappa shape index (κ3) is 5.08. The molecular formula is C26H28FN5O4. The van der Waals surface area contributed by atoms with Crippen LogP contribution in [0.25, 0.3) is 10.9 Å². The standard InChI is InChI=1S/C26H28FN5O4/c1-35-10-11-36-20-12-21(27)25-22(13-20)28-15-29-26(25)31-17-4-2-16(3-5-17)30-23(33)14-24(34)32-18-6-7-19(32)9-8-18/h2-5,12-13,15,18-19H,6-11,14H2,1H3,(H,30,33)(H,28,29,31). The van der Waals surface area contributed by atoms with Gasteiger partial charge in [-0.2, -0.15) is 0 Å². The summed E-state index contributed by atoms with van der Waals surface area (Å²) in [6.45, 7) is 0.691. The number of rotatable bonds is 9. The number of benzene rings is 2. The molecule has 3 aromatic rings. The van der Waals surface area contributed by atoms with Gasteiger partial charge < -0.3 is 25.0 Å². The predicted octanol–water partition coefficient (Wildman–Crippen LogP) is 4.02. The first-order valence-electron chi connectivity index (χ1n) is 12.1. The molecular weight excluding hydrogens is 465 g/mol. The number of nitrogens with one attached hydrogen (secondary N) is 2. The number of halogens is 1. The van der Waals surface area contributed by atoms with Crippen LogP contribution in [0.1, 0.15) is 32.1 Å². The molecule has 0 aliphatic carbocycles. The van der Waals surface area contributed by atoms with Crippen LogP contribution in [0.2, 0.25) is 0 Å². The molecule has 0 radical (unpaired) electrons. The number of ether oxygens (including phenoxy) is 2. The van der Waals surface area contributed by atoms with Gasteiger partial charge in [-0.25, -0.2) is 14.4 Å². The van der Waals surface area contributed by atoms with E-state index in [2.05, 4.69) is 20.6 Å². The Morgan fingerprint density at radius 1 is 1.03 bits per heavy atom. The smallest absolute Gasteiger partial charge is 0.233 e. The summed E-state index contributed by atoms with van der Waals surface area (Å²) in [5.74, 6) is -0.274. The Hall–Kier alpha value is -3.79. The fourth-order valence-electron chi connectivity index (χ4n) is 5.07. The number of aromatic nitrogens is 2. The average Bonchev–Trinajstić information content (AvgIpc) is 3.46. The van der Waals surface area contributed by atoms with Crippen LogP contribution in [0.3, 0.4) is 0 Å². The summed E-state index contributed by atoms with van der Waals surface area (Å²) < 4.78 is 25.3. The minimum Gasteiger partial charge on any atom is -0.491 e. The fourth-order valence-corrected chi connectivity index (χ4v) is 5.07. The molecule has 2 bridgehead atoms. The van der Waals surface area contributed by atoms with Gasteiger partial charge in [-0.3, -0.25) is 9.59 Å². The Kier molecular flexibility index (Phi) is 6.95. The molecule has 0 saturated carbocycles. The van der Waals surface area contributed by atoms with Crippen molar-refractivity contribution in [3.63, 3.8) is 0 Å². The van der Waals surface area contributed by atoms with Crippen molar-refractivity contribution in [2.45, 2.75) is 44.2 Å². The molecule has 0 atom stereocenters. The quantitative estimate of drug-likeness (QED) is 0.343. The summed E-state index contributed by atoms with van der Waals surface area (Å²) in [7, 11) is 1.56. The second kappa shape index (κ2) is 10.4. The second-order valence-electron chi connectivity index (χ2n) is 9.05. The lowest BCUT2D eigenvalue weighted by molar-refractivity contribution is -0.135. The highest BCUT2D eigenvalue weighted by Gasteiger charge is 2.42. The van der Waals surface area contributed by atoms with E-state index in [1.807, 2.05) is 4.90 Å². The number of anilines is 3. The highest BCUT2D eigenvalue weighted by molar-refractivity contribution is 6.04. The molecule has 2 amide bonds. The lowest BCUT2D eigenvalue weighted by Crippen LogP contribution is -2.37. The Morgan fingerprint density at radius 2 is 1.72 bits per heavy atom. The molecule has 2 aliphatic heterocycles. The van der Waals surface area contributed by atoms with Gasteiger partial charge in [0.25, 0.3) is 0 Å². The van der Waals surface area contributed by atoms with Gasteiger partial charge in [0.2, 0.25) is 11.8 Å². The first kappa shape index (κ1) is 23.9. The van der Waals surface area contributed by atoms with E-state index in [0.717, 1.165) is 25.7 Å². The molecule has 3 heterocycles. The molecule has 2 aromatic carbocycles. The summed E-state index contributed by atoms with van der Waals surface area (Å²) >= 11 is 0. The molecule has 2 saturated heterocycles. The molecule has 36 heavy (non-hydrogen) atoms. The van der Waals surface area contributed by atoms with Crippen LogP contribution in [0.15, 0.2) is 42.7 Å². The van der Waals surface area contributed by atoms with Crippen LogP contribution in [0.4, 0.5) is 21.6 Å². The number of hydrogen-bond donors (Lipinski definition) is 2. The van der Waals surface area contributed by atoms with Crippen molar-refractivity contribution >= 4 is 39.9 Å². The van der Waals surface area contributed by atoms with E-state index in [1.54, 1.807) is 37.4 Å². The predicted molar refractivity (Wildman–Crippen MR) is 133 cm³/mol. The first-order chi connectivity index (χ1) is 17.5. The van der Waals surface area contributed by atoms with Gasteiger partial charge in [-0.05, 0) is 49.9 Å². The normalized spacial score (nSPS) is 18.4. The highest BCUT2D eigenvalue weighted by atomic mass is 19.1. The lowest BCUT2D eigenvalue weighted by Gasteiger charge is -2.21. The van der Waals surface area contributed by atoms with Crippen molar-refractivity contribution in [1.82, 2.24) is 14.9 Å². The van der Waals surface area contributed by atoms with E-state index < -0.39 is 5.82 Å². The Bertz CT molecular complexity index is 1250. The van der Waals surface area contributed by atoms with Gasteiger partial charge in [0.05, 0.1) is 17.5 Å². The summed E-state index contributed by atoms with van der Waals surface area (Å²) in [5, 5.41) is 6.12. The zero-order valence-corrected chi connectivity index (χ0v) is 20.0. The van der Waals surface area contributed by atoms with Crippen LogP contribution in [-0.4, -0.2) is 59.1 Å². The summed E-state index contributed by atoms with van der Waals surface area (Å²) in [4.78, 5) is 35.3. The third-order valence-electron chi connectivity index (χ3n) is 6.70. The molecule has 2 N–H and O–H groups in total. The zero-order valence-electron chi connectivity index (χ0n) is 20.0. The SMILES string of the molecule is COCCOc1cc(F)c2c(Nc3ccc(NC(=O)CC(=O)N4C5CCC4CC5)cc3)ncnc2c1. The first-order valence-corrected chi connectivity index (χ1v) is 12.1. The minimum atomic E-state index is -0.511. The Morgan fingerprint density at radius 3 is 2.42 bits per heavy atom. The number of fused-ring (bicyclic) bond motifs is 3. The Labute approximate surface area is 208 Å². The minimum absolute atomic E-state index is 0.0966. The van der Waals surface area contributed by atoms with Crippen molar-refractivity contribution in [1.29, 1.82) is 0 Å². The van der Waals surface area contributed by atoms with E-state index in [-0.39, 0.29) is 23.6 Å². The zero-order chi connectivity index (χ0) is 25.1. The molecule has 188 valence electrons. The van der Waals surface area contributed by atoms with Crippen LogP contribution in [0, 0.1) is 5.82 Å². The second-order valence-corrected chi connectivity index (χ2v) is 9.05. The van der Waals surface area contributed by atoms with Crippen LogP contribution in [0.5, 0.6) is 5.75 Å². The van der Waals surface area contributed by atoms with Gasteiger partial charge >= 0.3 is 0 Å². The molecule has 0 unspecified atom stereocenters. The van der Waals surface area contributed by atoms with E-state index in [4.69, 9.17) is 9.47 Å². The summed E-state index contributed by atoms with van der Waals surface area (Å²) in [5.41, 5.74) is 1.62. The van der Waals surface area contributed by atoms with Crippen LogP contribution >= 0.6 is 0 Å². The highest BCUT2D eigenvalue weighted by Crippen LogP contribution is 2.37. The molecule has 2 fully saturated rings. The monoisotopic (exact) mass is 493 g/mol. The molecule has 9 nitrogen and oxygen atoms in total. The maximum absolute atomic E-state index is 14.9. The van der Waals surface area contributed by atoms with Crippen LogP contribution < -0.4 is 15.4 Å². The van der Waals surface area contributed by atoms with E-state index >= 15 is 0 Å². The number of hydrogen-bond acceptors (Lipinski definition) is 7. The molecule has 2 aliphatic rings. The van der Waals surface area contributed by atoms with Gasteiger partial charge in [-0.1, -0.05) is 0 Å². The number of amides is 2. The van der Waals surface area contributed by atoms with Gasteiger partial charge in [0.15, 0.2) is 0 Å².